The summed E-state index contributed by atoms with van der Waals surface area (Å²) in [4.78, 5) is 12.3. The topological polar surface area (TPSA) is 38.3 Å². The summed E-state index contributed by atoms with van der Waals surface area (Å²) in [7, 11) is 0. The number of hydrogen-bond donors (Lipinski definition) is 1. The van der Waals surface area contributed by atoms with Crippen LogP contribution in [0.15, 0.2) is 36.4 Å². The number of ether oxygens (including phenoxy) is 1. The highest BCUT2D eigenvalue weighted by Gasteiger charge is 2.11. The first-order chi connectivity index (χ1) is 12.2. The van der Waals surface area contributed by atoms with Crippen LogP contribution in [0.5, 0.6) is 0 Å². The number of amides is 1. The zero-order valence-electron chi connectivity index (χ0n) is 15.0. The van der Waals surface area contributed by atoms with Gasteiger partial charge in [0.25, 0.3) is 5.91 Å². The molecule has 1 N–H and O–H groups in total. The number of carbonyl (C=O) groups is 1. The fourth-order valence-corrected chi connectivity index (χ4v) is 2.88. The second-order valence-corrected chi connectivity index (χ2v) is 6.28. The summed E-state index contributed by atoms with van der Waals surface area (Å²) in [5.41, 5.74) is 0.493. The lowest BCUT2D eigenvalue weighted by Crippen LogP contribution is -2.27. The van der Waals surface area contributed by atoms with Gasteiger partial charge in [-0.25, -0.2) is 4.39 Å². The largest absolute Gasteiger partial charge is 0.380 e. The number of hydrogen-bond acceptors (Lipinski definition) is 2. The summed E-state index contributed by atoms with van der Waals surface area (Å²) in [6.07, 6.45) is 7.42. The molecule has 1 amide bonds. The van der Waals surface area contributed by atoms with Gasteiger partial charge >= 0.3 is 0 Å². The Kier molecular flexibility index (Phi) is 8.40. The third-order valence-corrected chi connectivity index (χ3v) is 4.29. The summed E-state index contributed by atoms with van der Waals surface area (Å²) >= 11 is 0. The Morgan fingerprint density at radius 1 is 0.960 bits per heavy atom. The highest BCUT2D eigenvalue weighted by atomic mass is 19.1. The minimum absolute atomic E-state index is 0.195. The number of nitrogens with one attached hydrogen (secondary N) is 1. The van der Waals surface area contributed by atoms with E-state index in [4.69, 9.17) is 4.74 Å². The molecule has 0 unspecified atom stereocenters. The van der Waals surface area contributed by atoms with Crippen molar-refractivity contribution in [3.63, 3.8) is 0 Å². The summed E-state index contributed by atoms with van der Waals surface area (Å²) in [6.45, 7) is 3.91. The van der Waals surface area contributed by atoms with E-state index in [2.05, 4.69) is 12.2 Å². The first-order valence-electron chi connectivity index (χ1n) is 9.27. The van der Waals surface area contributed by atoms with Crippen molar-refractivity contribution >= 4 is 16.7 Å². The van der Waals surface area contributed by atoms with E-state index in [9.17, 15) is 9.18 Å². The van der Waals surface area contributed by atoms with E-state index in [0.717, 1.165) is 13.0 Å². The molecule has 0 radical (unpaired) electrons. The molecule has 0 aliphatic carbocycles. The molecule has 0 spiro atoms. The molecule has 2 rings (SSSR count). The van der Waals surface area contributed by atoms with Crippen LogP contribution in [0.25, 0.3) is 10.8 Å². The lowest BCUT2D eigenvalue weighted by atomic mass is 10.0. The minimum Gasteiger partial charge on any atom is -0.380 e. The molecule has 0 saturated carbocycles. The number of benzene rings is 2. The van der Waals surface area contributed by atoms with Crippen molar-refractivity contribution in [2.75, 3.05) is 19.8 Å². The van der Waals surface area contributed by atoms with Gasteiger partial charge in [-0.1, -0.05) is 63.3 Å². The molecule has 136 valence electrons. The second kappa shape index (κ2) is 10.8. The molecule has 0 aliphatic heterocycles. The molecule has 2 aromatic carbocycles. The Bertz CT molecular complexity index is 672. The van der Waals surface area contributed by atoms with Gasteiger partial charge in [-0.05, 0) is 23.9 Å². The summed E-state index contributed by atoms with van der Waals surface area (Å²) in [6, 6.07) is 9.90. The monoisotopic (exact) mass is 345 g/mol. The van der Waals surface area contributed by atoms with Crippen LogP contribution in [0, 0.1) is 5.82 Å². The molecule has 0 aromatic heterocycles. The second-order valence-electron chi connectivity index (χ2n) is 6.28. The third-order valence-electron chi connectivity index (χ3n) is 4.29. The molecule has 0 bridgehead atoms. The van der Waals surface area contributed by atoms with Gasteiger partial charge in [0.2, 0.25) is 0 Å². The average Bonchev–Trinajstić information content (AvgIpc) is 2.63. The molecule has 0 saturated heterocycles. The normalized spacial score (nSPS) is 11.0. The number of fused-ring (bicyclic) bond motifs is 1. The van der Waals surface area contributed by atoms with Crippen LogP contribution in [-0.4, -0.2) is 25.7 Å². The molecular formula is C21H28FNO2. The van der Waals surface area contributed by atoms with E-state index in [1.54, 1.807) is 18.2 Å². The van der Waals surface area contributed by atoms with Crippen LogP contribution >= 0.6 is 0 Å². The molecule has 0 atom stereocenters. The maximum absolute atomic E-state index is 13.8. The van der Waals surface area contributed by atoms with Crippen molar-refractivity contribution in [2.45, 2.75) is 45.4 Å². The molecule has 3 nitrogen and oxygen atoms in total. The third kappa shape index (κ3) is 6.13. The number of carbonyl (C=O) groups excluding carboxylic acids is 1. The molecule has 2 aromatic rings. The van der Waals surface area contributed by atoms with Gasteiger partial charge < -0.3 is 10.1 Å². The van der Waals surface area contributed by atoms with Gasteiger partial charge in [0.1, 0.15) is 5.82 Å². The average molecular weight is 345 g/mol. The van der Waals surface area contributed by atoms with Crippen LogP contribution < -0.4 is 5.32 Å². The Labute approximate surface area is 149 Å². The first kappa shape index (κ1) is 19.4. The van der Waals surface area contributed by atoms with Crippen LogP contribution in [0.1, 0.15) is 55.8 Å². The van der Waals surface area contributed by atoms with E-state index in [1.165, 1.54) is 44.2 Å². The van der Waals surface area contributed by atoms with Gasteiger partial charge in [0, 0.05) is 24.1 Å². The quantitative estimate of drug-likeness (QED) is 0.576. The van der Waals surface area contributed by atoms with Crippen molar-refractivity contribution < 1.29 is 13.9 Å². The number of unbranched alkanes of at least 4 members (excludes halogenated alkanes) is 5. The predicted molar refractivity (Wildman–Crippen MR) is 100 cm³/mol. The van der Waals surface area contributed by atoms with Crippen LogP contribution in [0.4, 0.5) is 4.39 Å². The smallest absolute Gasteiger partial charge is 0.251 e. The highest BCUT2D eigenvalue weighted by molar-refractivity contribution is 6.07. The van der Waals surface area contributed by atoms with Gasteiger partial charge in [-0.2, -0.15) is 0 Å². The summed E-state index contributed by atoms with van der Waals surface area (Å²) in [5.74, 6) is -0.506. The van der Waals surface area contributed by atoms with Crippen molar-refractivity contribution in [3.05, 3.63) is 47.8 Å². The van der Waals surface area contributed by atoms with Crippen molar-refractivity contribution in [1.29, 1.82) is 0 Å². The maximum Gasteiger partial charge on any atom is 0.251 e. The summed E-state index contributed by atoms with van der Waals surface area (Å²) < 4.78 is 19.4. The number of halogens is 1. The summed E-state index contributed by atoms with van der Waals surface area (Å²) in [5, 5.41) is 3.94. The van der Waals surface area contributed by atoms with Gasteiger partial charge in [0.15, 0.2) is 0 Å². The van der Waals surface area contributed by atoms with Gasteiger partial charge in [-0.15, -0.1) is 0 Å². The molecule has 0 fully saturated rings. The Morgan fingerprint density at radius 2 is 1.68 bits per heavy atom. The van der Waals surface area contributed by atoms with Gasteiger partial charge in [0.05, 0.1) is 6.61 Å². The van der Waals surface area contributed by atoms with Crippen molar-refractivity contribution in [1.82, 2.24) is 5.32 Å². The number of rotatable bonds is 11. The van der Waals surface area contributed by atoms with E-state index in [0.29, 0.717) is 29.5 Å². The molecule has 0 heterocycles. The van der Waals surface area contributed by atoms with Crippen molar-refractivity contribution in [2.24, 2.45) is 0 Å². The van der Waals surface area contributed by atoms with E-state index in [1.807, 2.05) is 6.07 Å². The van der Waals surface area contributed by atoms with Crippen molar-refractivity contribution in [3.8, 4) is 0 Å². The minimum atomic E-state index is -0.311. The van der Waals surface area contributed by atoms with Crippen LogP contribution in [0.2, 0.25) is 0 Å². The first-order valence-corrected chi connectivity index (χ1v) is 9.27. The van der Waals surface area contributed by atoms with Crippen LogP contribution in [0.3, 0.4) is 0 Å². The fourth-order valence-electron chi connectivity index (χ4n) is 2.88. The molecular weight excluding hydrogens is 317 g/mol. The molecule has 0 aliphatic rings. The van der Waals surface area contributed by atoms with Gasteiger partial charge in [-0.3, -0.25) is 4.79 Å². The van der Waals surface area contributed by atoms with E-state index in [-0.39, 0.29) is 11.7 Å². The highest BCUT2D eigenvalue weighted by Crippen LogP contribution is 2.21. The van der Waals surface area contributed by atoms with E-state index >= 15 is 0 Å². The molecule has 25 heavy (non-hydrogen) atoms. The van der Waals surface area contributed by atoms with Crippen LogP contribution in [-0.2, 0) is 4.74 Å². The zero-order chi connectivity index (χ0) is 17.9. The fraction of sp³-hybridized carbons (Fsp3) is 0.476. The van der Waals surface area contributed by atoms with E-state index < -0.39 is 0 Å². The Morgan fingerprint density at radius 3 is 2.48 bits per heavy atom. The lowest BCUT2D eigenvalue weighted by Gasteiger charge is -2.09. The Hall–Kier alpha value is -1.94. The maximum atomic E-state index is 13.8. The molecule has 4 heteroatoms. The lowest BCUT2D eigenvalue weighted by molar-refractivity contribution is 0.0913. The standard InChI is InChI=1S/C21H28FNO2/c1-2-3-4-5-6-9-15-25-16-14-23-21(24)19-12-13-20(22)18-11-8-7-10-17(18)19/h7-8,10-13H,2-6,9,14-16H2,1H3,(H,23,24). The predicted octanol–water partition coefficient (Wildman–Crippen LogP) is 5.09. The SMILES string of the molecule is CCCCCCCCOCCNC(=O)c1ccc(F)c2ccccc12. The zero-order valence-corrected chi connectivity index (χ0v) is 15.0. The Balaban J connectivity index is 1.69.